The summed E-state index contributed by atoms with van der Waals surface area (Å²) in [5, 5.41) is 9.08. The first-order valence-corrected chi connectivity index (χ1v) is 6.20. The molecule has 0 bridgehead atoms. The van der Waals surface area contributed by atoms with Crippen molar-refractivity contribution in [1.29, 1.82) is 5.26 Å². The number of aryl methyl sites for hydroxylation is 1. The first-order chi connectivity index (χ1) is 9.72. The van der Waals surface area contributed by atoms with Crippen molar-refractivity contribution in [3.8, 4) is 6.07 Å². The number of imidazole rings is 1. The Kier molecular flexibility index (Phi) is 2.84. The van der Waals surface area contributed by atoms with E-state index in [1.165, 1.54) is 0 Å². The zero-order chi connectivity index (χ0) is 14.1. The van der Waals surface area contributed by atoms with Crippen molar-refractivity contribution in [2.24, 2.45) is 7.05 Å². The van der Waals surface area contributed by atoms with Crippen LogP contribution < -0.4 is 5.69 Å². The van der Waals surface area contributed by atoms with E-state index in [9.17, 15) is 4.79 Å². The van der Waals surface area contributed by atoms with E-state index in [0.29, 0.717) is 12.2 Å². The highest BCUT2D eigenvalue weighted by Crippen LogP contribution is 2.14. The third kappa shape index (κ3) is 1.79. The Hall–Kier alpha value is -2.87. The molecule has 3 rings (SSSR count). The first kappa shape index (κ1) is 12.2. The maximum Gasteiger partial charge on any atom is 0.329 e. The summed E-state index contributed by atoms with van der Waals surface area (Å²) >= 11 is 0. The monoisotopic (exact) mass is 264 g/mol. The minimum Gasteiger partial charge on any atom is -0.295 e. The second-order valence-corrected chi connectivity index (χ2v) is 4.54. The molecule has 0 aliphatic rings. The van der Waals surface area contributed by atoms with Gasteiger partial charge < -0.3 is 0 Å². The average Bonchev–Trinajstić information content (AvgIpc) is 2.73. The molecule has 0 saturated carbocycles. The SMILES string of the molecule is Cn1c(=O)n(Cc2cccnc2C#N)c2ccccc21. The quantitative estimate of drug-likeness (QED) is 0.707. The molecule has 0 spiro atoms. The van der Waals surface area contributed by atoms with Gasteiger partial charge >= 0.3 is 5.69 Å². The van der Waals surface area contributed by atoms with E-state index in [1.807, 2.05) is 30.3 Å². The first-order valence-electron chi connectivity index (χ1n) is 6.20. The maximum absolute atomic E-state index is 12.3. The van der Waals surface area contributed by atoms with Crippen molar-refractivity contribution in [1.82, 2.24) is 14.1 Å². The van der Waals surface area contributed by atoms with Crippen molar-refractivity contribution in [3.63, 3.8) is 0 Å². The molecule has 98 valence electrons. The van der Waals surface area contributed by atoms with Gasteiger partial charge in [-0.1, -0.05) is 18.2 Å². The number of para-hydroxylation sites is 2. The number of nitriles is 1. The van der Waals surface area contributed by atoms with Gasteiger partial charge in [-0.2, -0.15) is 5.26 Å². The van der Waals surface area contributed by atoms with Crippen molar-refractivity contribution >= 4 is 11.0 Å². The summed E-state index contributed by atoms with van der Waals surface area (Å²) in [6.07, 6.45) is 1.58. The van der Waals surface area contributed by atoms with E-state index >= 15 is 0 Å². The fourth-order valence-electron chi connectivity index (χ4n) is 2.35. The van der Waals surface area contributed by atoms with Crippen LogP contribution in [-0.2, 0) is 13.6 Å². The van der Waals surface area contributed by atoms with Crippen LogP contribution in [0.1, 0.15) is 11.3 Å². The Labute approximate surface area is 115 Å². The van der Waals surface area contributed by atoms with E-state index < -0.39 is 0 Å². The van der Waals surface area contributed by atoms with Gasteiger partial charge in [-0.25, -0.2) is 9.78 Å². The fourth-order valence-corrected chi connectivity index (χ4v) is 2.35. The molecule has 20 heavy (non-hydrogen) atoms. The lowest BCUT2D eigenvalue weighted by Crippen LogP contribution is -2.23. The van der Waals surface area contributed by atoms with Crippen LogP contribution in [0.2, 0.25) is 0 Å². The van der Waals surface area contributed by atoms with Crippen LogP contribution >= 0.6 is 0 Å². The van der Waals surface area contributed by atoms with Gasteiger partial charge in [0.25, 0.3) is 0 Å². The van der Waals surface area contributed by atoms with Gasteiger partial charge in [-0.15, -0.1) is 0 Å². The van der Waals surface area contributed by atoms with Crippen molar-refractivity contribution < 1.29 is 0 Å². The topological polar surface area (TPSA) is 63.6 Å². The number of rotatable bonds is 2. The van der Waals surface area contributed by atoms with E-state index in [2.05, 4.69) is 11.1 Å². The molecule has 5 nitrogen and oxygen atoms in total. The zero-order valence-electron chi connectivity index (χ0n) is 10.9. The molecule has 3 aromatic rings. The van der Waals surface area contributed by atoms with Gasteiger partial charge in [-0.3, -0.25) is 9.13 Å². The molecule has 0 unspecified atom stereocenters. The lowest BCUT2D eigenvalue weighted by molar-refractivity contribution is 0.732. The number of pyridine rings is 1. The molecule has 2 heterocycles. The Balaban J connectivity index is 2.19. The Bertz CT molecular complexity index is 883. The molecule has 0 amide bonds. The minimum atomic E-state index is -0.0982. The van der Waals surface area contributed by atoms with Gasteiger partial charge in [0.05, 0.1) is 17.6 Å². The Morgan fingerprint density at radius 3 is 2.70 bits per heavy atom. The molecule has 2 aromatic heterocycles. The lowest BCUT2D eigenvalue weighted by atomic mass is 10.2. The maximum atomic E-state index is 12.3. The third-order valence-electron chi connectivity index (χ3n) is 3.38. The molecule has 0 N–H and O–H groups in total. The summed E-state index contributed by atoms with van der Waals surface area (Å²) in [5.74, 6) is 0. The normalized spacial score (nSPS) is 10.6. The van der Waals surface area contributed by atoms with Gasteiger partial charge in [0.2, 0.25) is 0 Å². The van der Waals surface area contributed by atoms with Crippen molar-refractivity contribution in [2.75, 3.05) is 0 Å². The second-order valence-electron chi connectivity index (χ2n) is 4.54. The standard InChI is InChI=1S/C15H12N4O/c1-18-13-6-2-3-7-14(13)19(15(18)20)10-11-5-4-8-17-12(11)9-16/h2-8H,10H2,1H3. The van der Waals surface area contributed by atoms with Gasteiger partial charge in [0.1, 0.15) is 11.8 Å². The molecule has 0 atom stereocenters. The molecule has 0 fully saturated rings. The van der Waals surface area contributed by atoms with Crippen molar-refractivity contribution in [3.05, 3.63) is 64.3 Å². The molecule has 5 heteroatoms. The highest BCUT2D eigenvalue weighted by atomic mass is 16.1. The van der Waals surface area contributed by atoms with Crippen LogP contribution in [0.4, 0.5) is 0 Å². The molecule has 0 aliphatic heterocycles. The fraction of sp³-hybridized carbons (Fsp3) is 0.133. The molecular weight excluding hydrogens is 252 g/mol. The van der Waals surface area contributed by atoms with Crippen LogP contribution in [-0.4, -0.2) is 14.1 Å². The van der Waals surface area contributed by atoms with Crippen LogP contribution in [0, 0.1) is 11.3 Å². The van der Waals surface area contributed by atoms with Crippen LogP contribution in [0.5, 0.6) is 0 Å². The summed E-state index contributed by atoms with van der Waals surface area (Å²) < 4.78 is 3.27. The molecule has 0 radical (unpaired) electrons. The molecule has 0 aliphatic carbocycles. The van der Waals surface area contributed by atoms with Crippen LogP contribution in [0.25, 0.3) is 11.0 Å². The van der Waals surface area contributed by atoms with Gasteiger partial charge in [-0.05, 0) is 18.2 Å². The van der Waals surface area contributed by atoms with Crippen molar-refractivity contribution in [2.45, 2.75) is 6.54 Å². The highest BCUT2D eigenvalue weighted by molar-refractivity contribution is 5.76. The largest absolute Gasteiger partial charge is 0.329 e. The smallest absolute Gasteiger partial charge is 0.295 e. The number of nitrogens with zero attached hydrogens (tertiary/aromatic N) is 4. The number of benzene rings is 1. The van der Waals surface area contributed by atoms with Crippen LogP contribution in [0.15, 0.2) is 47.4 Å². The summed E-state index contributed by atoms with van der Waals surface area (Å²) in [7, 11) is 1.75. The van der Waals surface area contributed by atoms with E-state index in [-0.39, 0.29) is 5.69 Å². The van der Waals surface area contributed by atoms with Gasteiger partial charge in [0.15, 0.2) is 0 Å². The summed E-state index contributed by atoms with van der Waals surface area (Å²) in [6, 6.07) is 13.2. The minimum absolute atomic E-state index is 0.0982. The summed E-state index contributed by atoms with van der Waals surface area (Å²) in [6.45, 7) is 0.344. The van der Waals surface area contributed by atoms with E-state index in [0.717, 1.165) is 16.6 Å². The Morgan fingerprint density at radius 2 is 1.95 bits per heavy atom. The predicted molar refractivity (Wildman–Crippen MR) is 75.2 cm³/mol. The third-order valence-corrected chi connectivity index (χ3v) is 3.38. The number of hydrogen-bond acceptors (Lipinski definition) is 3. The predicted octanol–water partition coefficient (Wildman–Crippen LogP) is 1.65. The summed E-state index contributed by atoms with van der Waals surface area (Å²) in [4.78, 5) is 16.3. The van der Waals surface area contributed by atoms with Gasteiger partial charge in [0, 0.05) is 18.8 Å². The van der Waals surface area contributed by atoms with Crippen LogP contribution in [0.3, 0.4) is 0 Å². The summed E-state index contributed by atoms with van der Waals surface area (Å²) in [5.41, 5.74) is 2.73. The second kappa shape index (κ2) is 4.67. The lowest BCUT2D eigenvalue weighted by Gasteiger charge is -2.04. The molecule has 1 aromatic carbocycles. The number of hydrogen-bond donors (Lipinski definition) is 0. The van der Waals surface area contributed by atoms with E-state index in [1.54, 1.807) is 28.4 Å². The average molecular weight is 264 g/mol. The zero-order valence-corrected chi connectivity index (χ0v) is 10.9. The van der Waals surface area contributed by atoms with E-state index in [4.69, 9.17) is 5.26 Å². The highest BCUT2D eigenvalue weighted by Gasteiger charge is 2.12. The number of fused-ring (bicyclic) bond motifs is 1. The molecular formula is C15H12N4O. The number of aromatic nitrogens is 3. The Morgan fingerprint density at radius 1 is 1.20 bits per heavy atom. The molecule has 0 saturated heterocycles.